The van der Waals surface area contributed by atoms with Crippen molar-refractivity contribution in [2.24, 2.45) is 0 Å². The van der Waals surface area contributed by atoms with Gasteiger partial charge in [-0.3, -0.25) is 4.79 Å². The summed E-state index contributed by atoms with van der Waals surface area (Å²) in [4.78, 5) is 11.4. The van der Waals surface area contributed by atoms with Gasteiger partial charge in [0.15, 0.2) is 5.78 Å². The molecule has 0 saturated carbocycles. The minimum Gasteiger partial charge on any atom is -0.494 e. The van der Waals surface area contributed by atoms with Gasteiger partial charge in [-0.05, 0) is 60.6 Å². The number of hydrogen-bond acceptors (Lipinski definition) is 2. The van der Waals surface area contributed by atoms with Gasteiger partial charge in [-0.1, -0.05) is 6.92 Å². The highest BCUT2D eigenvalue weighted by atomic mass is 127. The van der Waals surface area contributed by atoms with Crippen molar-refractivity contribution in [3.8, 4) is 5.75 Å². The van der Waals surface area contributed by atoms with E-state index in [-0.39, 0.29) is 5.78 Å². The maximum absolute atomic E-state index is 11.4. The second kappa shape index (κ2) is 5.49. The Morgan fingerprint density at radius 3 is 2.53 bits per heavy atom. The minimum absolute atomic E-state index is 0.108. The van der Waals surface area contributed by atoms with Gasteiger partial charge in [0.05, 0.1) is 6.61 Å². The second-order valence-electron chi connectivity index (χ2n) is 3.28. The molecule has 0 N–H and O–H groups in total. The molecular weight excluding hydrogens is 303 g/mol. The van der Waals surface area contributed by atoms with Crippen LogP contribution >= 0.6 is 22.6 Å². The highest BCUT2D eigenvalue weighted by Crippen LogP contribution is 2.26. The van der Waals surface area contributed by atoms with Gasteiger partial charge in [0.25, 0.3) is 0 Å². The number of benzene rings is 1. The number of hydrogen-bond donors (Lipinski definition) is 0. The van der Waals surface area contributed by atoms with Crippen molar-refractivity contribution in [2.75, 3.05) is 6.61 Å². The highest BCUT2D eigenvalue weighted by Gasteiger charge is 2.10. The number of halogens is 1. The third-order valence-electron chi connectivity index (χ3n) is 2.21. The van der Waals surface area contributed by atoms with E-state index in [9.17, 15) is 4.79 Å². The number of Topliss-reactive ketones (excluding diaryl/α,β-unsaturated/α-hetero) is 1. The topological polar surface area (TPSA) is 26.3 Å². The molecule has 0 amide bonds. The Morgan fingerprint density at radius 1 is 1.40 bits per heavy atom. The molecule has 0 aromatic heterocycles. The quantitative estimate of drug-likeness (QED) is 0.628. The van der Waals surface area contributed by atoms with Crippen LogP contribution in [0.4, 0.5) is 0 Å². The first-order valence-corrected chi connectivity index (χ1v) is 6.14. The van der Waals surface area contributed by atoms with Crippen molar-refractivity contribution >= 4 is 28.4 Å². The Kier molecular flexibility index (Phi) is 4.57. The largest absolute Gasteiger partial charge is 0.494 e. The SMILES string of the molecule is CCOc1cc(I)c(C(C)=O)cc1CC. The zero-order valence-corrected chi connectivity index (χ0v) is 11.4. The molecule has 0 atom stereocenters. The van der Waals surface area contributed by atoms with Crippen LogP contribution in [-0.4, -0.2) is 12.4 Å². The summed E-state index contributed by atoms with van der Waals surface area (Å²) >= 11 is 2.17. The lowest BCUT2D eigenvalue weighted by molar-refractivity contribution is 0.101. The first-order chi connectivity index (χ1) is 7.10. The molecule has 1 aromatic rings. The van der Waals surface area contributed by atoms with Crippen molar-refractivity contribution in [1.82, 2.24) is 0 Å². The summed E-state index contributed by atoms with van der Waals surface area (Å²) in [5.74, 6) is 1.01. The van der Waals surface area contributed by atoms with Crippen LogP contribution in [0.1, 0.15) is 36.7 Å². The van der Waals surface area contributed by atoms with E-state index in [1.807, 2.05) is 19.1 Å². The molecule has 0 bridgehead atoms. The molecule has 0 saturated heterocycles. The van der Waals surface area contributed by atoms with Gasteiger partial charge in [0.2, 0.25) is 0 Å². The smallest absolute Gasteiger partial charge is 0.160 e. The number of carbonyl (C=O) groups excluding carboxylic acids is 1. The molecular formula is C12H15IO2. The summed E-state index contributed by atoms with van der Waals surface area (Å²) in [6.07, 6.45) is 0.881. The van der Waals surface area contributed by atoms with Gasteiger partial charge in [-0.15, -0.1) is 0 Å². The van der Waals surface area contributed by atoms with E-state index >= 15 is 0 Å². The van der Waals surface area contributed by atoms with E-state index in [4.69, 9.17) is 4.74 Å². The zero-order chi connectivity index (χ0) is 11.4. The monoisotopic (exact) mass is 318 g/mol. The number of rotatable bonds is 4. The van der Waals surface area contributed by atoms with E-state index in [1.54, 1.807) is 6.92 Å². The fraction of sp³-hybridized carbons (Fsp3) is 0.417. The Balaban J connectivity index is 3.22. The zero-order valence-electron chi connectivity index (χ0n) is 9.26. The van der Waals surface area contributed by atoms with E-state index in [1.165, 1.54) is 0 Å². The predicted molar refractivity (Wildman–Crippen MR) is 69.7 cm³/mol. The van der Waals surface area contributed by atoms with Crippen molar-refractivity contribution in [2.45, 2.75) is 27.2 Å². The molecule has 0 aliphatic carbocycles. The number of aryl methyl sites for hydroxylation is 1. The first kappa shape index (κ1) is 12.5. The standard InChI is InChI=1S/C12H15IO2/c1-4-9-6-10(8(3)14)11(13)7-12(9)15-5-2/h6-7H,4-5H2,1-3H3. The molecule has 1 rings (SSSR count). The van der Waals surface area contributed by atoms with Gasteiger partial charge >= 0.3 is 0 Å². The lowest BCUT2D eigenvalue weighted by atomic mass is 10.1. The van der Waals surface area contributed by atoms with E-state index in [0.717, 1.165) is 26.9 Å². The Bertz CT molecular complexity index is 372. The molecule has 0 unspecified atom stereocenters. The van der Waals surface area contributed by atoms with E-state index in [2.05, 4.69) is 29.5 Å². The second-order valence-corrected chi connectivity index (χ2v) is 4.44. The molecule has 0 spiro atoms. The van der Waals surface area contributed by atoms with Crippen LogP contribution in [-0.2, 0) is 6.42 Å². The number of ether oxygens (including phenoxy) is 1. The van der Waals surface area contributed by atoms with Crippen LogP contribution in [0.25, 0.3) is 0 Å². The summed E-state index contributed by atoms with van der Waals surface area (Å²) in [6.45, 7) is 6.28. The lowest BCUT2D eigenvalue weighted by Gasteiger charge is -2.11. The molecule has 1 aromatic carbocycles. The molecule has 3 heteroatoms. The fourth-order valence-corrected chi connectivity index (χ4v) is 2.25. The highest BCUT2D eigenvalue weighted by molar-refractivity contribution is 14.1. The lowest BCUT2D eigenvalue weighted by Crippen LogP contribution is -2.02. The minimum atomic E-state index is 0.108. The first-order valence-electron chi connectivity index (χ1n) is 5.06. The Morgan fingerprint density at radius 2 is 2.07 bits per heavy atom. The maximum Gasteiger partial charge on any atom is 0.160 e. The third kappa shape index (κ3) is 2.93. The molecule has 0 radical (unpaired) electrons. The fourth-order valence-electron chi connectivity index (χ4n) is 1.44. The third-order valence-corrected chi connectivity index (χ3v) is 3.10. The van der Waals surface area contributed by atoms with Crippen LogP contribution in [0.15, 0.2) is 12.1 Å². The van der Waals surface area contributed by atoms with Gasteiger partial charge in [-0.25, -0.2) is 0 Å². The van der Waals surface area contributed by atoms with Crippen molar-refractivity contribution in [3.05, 3.63) is 26.8 Å². The van der Waals surface area contributed by atoms with Crippen LogP contribution < -0.4 is 4.74 Å². The predicted octanol–water partition coefficient (Wildman–Crippen LogP) is 3.45. The van der Waals surface area contributed by atoms with Crippen LogP contribution in [0, 0.1) is 3.57 Å². The molecule has 0 fully saturated rings. The average molecular weight is 318 g/mol. The van der Waals surface area contributed by atoms with Crippen molar-refractivity contribution in [3.63, 3.8) is 0 Å². The summed E-state index contributed by atoms with van der Waals surface area (Å²) < 4.78 is 6.49. The van der Waals surface area contributed by atoms with Crippen LogP contribution in [0.3, 0.4) is 0 Å². The van der Waals surface area contributed by atoms with Crippen molar-refractivity contribution < 1.29 is 9.53 Å². The molecule has 0 aliphatic rings. The van der Waals surface area contributed by atoms with Crippen LogP contribution in [0.2, 0.25) is 0 Å². The van der Waals surface area contributed by atoms with Gasteiger partial charge < -0.3 is 4.74 Å². The summed E-state index contributed by atoms with van der Waals surface area (Å²) in [7, 11) is 0. The van der Waals surface area contributed by atoms with Crippen molar-refractivity contribution in [1.29, 1.82) is 0 Å². The normalized spacial score (nSPS) is 10.1. The summed E-state index contributed by atoms with van der Waals surface area (Å²) in [5.41, 5.74) is 1.89. The summed E-state index contributed by atoms with van der Waals surface area (Å²) in [5, 5.41) is 0. The molecule has 2 nitrogen and oxygen atoms in total. The van der Waals surface area contributed by atoms with Gasteiger partial charge in [-0.2, -0.15) is 0 Å². The maximum atomic E-state index is 11.4. The van der Waals surface area contributed by atoms with E-state index < -0.39 is 0 Å². The van der Waals surface area contributed by atoms with Gasteiger partial charge in [0.1, 0.15) is 5.75 Å². The number of ketones is 1. The number of carbonyl (C=O) groups is 1. The average Bonchev–Trinajstić information content (AvgIpc) is 2.18. The molecule has 0 aliphatic heterocycles. The molecule has 82 valence electrons. The summed E-state index contributed by atoms with van der Waals surface area (Å²) in [6, 6.07) is 3.88. The van der Waals surface area contributed by atoms with E-state index in [0.29, 0.717) is 6.61 Å². The Labute approximate surface area is 104 Å². The Hall–Kier alpha value is -0.580. The molecule has 0 heterocycles. The van der Waals surface area contributed by atoms with Gasteiger partial charge in [0, 0.05) is 9.13 Å². The molecule has 15 heavy (non-hydrogen) atoms. The van der Waals surface area contributed by atoms with Crippen LogP contribution in [0.5, 0.6) is 5.75 Å².